The van der Waals surface area contributed by atoms with Gasteiger partial charge in [-0.15, -0.1) is 0 Å². The number of carbonyl (C=O) groups is 1. The van der Waals surface area contributed by atoms with E-state index in [9.17, 15) is 4.79 Å². The molecule has 0 spiro atoms. The van der Waals surface area contributed by atoms with Crippen molar-refractivity contribution in [3.05, 3.63) is 48.8 Å². The first-order valence-electron chi connectivity index (χ1n) is 7.11. The minimum absolute atomic E-state index is 0.0949. The lowest BCUT2D eigenvalue weighted by Crippen LogP contribution is -2.48. The summed E-state index contributed by atoms with van der Waals surface area (Å²) < 4.78 is 10.9. The average Bonchev–Trinajstić information content (AvgIpc) is 2.58. The molecule has 1 aromatic heterocycles. The number of carbonyl (C=O) groups excluding carboxylic acids is 1. The van der Waals surface area contributed by atoms with Gasteiger partial charge in [0.05, 0.1) is 13.2 Å². The summed E-state index contributed by atoms with van der Waals surface area (Å²) in [4.78, 5) is 16.0. The first-order chi connectivity index (χ1) is 10.8. The monoisotopic (exact) mass is 299 g/mol. The molecule has 1 aliphatic heterocycles. The SMILES string of the molecule is O=C(Nc1ccc(Oc2ccncc2)cc1)C1COCCN1. The Morgan fingerprint density at radius 2 is 1.91 bits per heavy atom. The lowest BCUT2D eigenvalue weighted by molar-refractivity contribution is -0.120. The number of ether oxygens (including phenoxy) is 2. The van der Waals surface area contributed by atoms with Crippen LogP contribution in [0.1, 0.15) is 0 Å². The summed E-state index contributed by atoms with van der Waals surface area (Å²) in [5.41, 5.74) is 0.722. The number of nitrogens with one attached hydrogen (secondary N) is 2. The molecule has 1 saturated heterocycles. The van der Waals surface area contributed by atoms with Gasteiger partial charge in [0.2, 0.25) is 5.91 Å². The fraction of sp³-hybridized carbons (Fsp3) is 0.250. The van der Waals surface area contributed by atoms with Gasteiger partial charge in [-0.3, -0.25) is 9.78 Å². The molecule has 0 saturated carbocycles. The Hall–Kier alpha value is -2.44. The summed E-state index contributed by atoms with van der Waals surface area (Å²) in [6.07, 6.45) is 3.34. The van der Waals surface area contributed by atoms with Crippen molar-refractivity contribution in [3.8, 4) is 11.5 Å². The molecule has 0 bridgehead atoms. The molecule has 1 aromatic carbocycles. The molecule has 2 aromatic rings. The fourth-order valence-corrected chi connectivity index (χ4v) is 2.11. The molecule has 1 amide bonds. The molecule has 2 N–H and O–H groups in total. The molecule has 1 unspecified atom stereocenters. The number of hydrogen-bond acceptors (Lipinski definition) is 5. The molecule has 2 heterocycles. The molecule has 114 valence electrons. The van der Waals surface area contributed by atoms with E-state index in [1.54, 1.807) is 48.8 Å². The average molecular weight is 299 g/mol. The van der Waals surface area contributed by atoms with Crippen LogP contribution in [0.4, 0.5) is 5.69 Å². The maximum atomic E-state index is 12.1. The zero-order valence-corrected chi connectivity index (χ0v) is 12.0. The second-order valence-corrected chi connectivity index (χ2v) is 4.88. The van der Waals surface area contributed by atoms with Crippen LogP contribution in [0.15, 0.2) is 48.8 Å². The molecule has 1 aliphatic rings. The van der Waals surface area contributed by atoms with Crippen molar-refractivity contribution in [3.63, 3.8) is 0 Å². The van der Waals surface area contributed by atoms with Crippen LogP contribution in [0.5, 0.6) is 11.5 Å². The molecule has 0 radical (unpaired) electrons. The minimum Gasteiger partial charge on any atom is -0.457 e. The largest absolute Gasteiger partial charge is 0.457 e. The van der Waals surface area contributed by atoms with Gasteiger partial charge in [0.25, 0.3) is 0 Å². The summed E-state index contributed by atoms with van der Waals surface area (Å²) in [6.45, 7) is 1.73. The van der Waals surface area contributed by atoms with Gasteiger partial charge < -0.3 is 20.1 Å². The van der Waals surface area contributed by atoms with Gasteiger partial charge in [-0.05, 0) is 36.4 Å². The smallest absolute Gasteiger partial charge is 0.243 e. The molecule has 1 fully saturated rings. The van der Waals surface area contributed by atoms with Crippen molar-refractivity contribution in [2.24, 2.45) is 0 Å². The number of anilines is 1. The van der Waals surface area contributed by atoms with Gasteiger partial charge in [0.15, 0.2) is 0 Å². The van der Waals surface area contributed by atoms with Gasteiger partial charge in [-0.25, -0.2) is 0 Å². The third kappa shape index (κ3) is 3.81. The van der Waals surface area contributed by atoms with Crippen molar-refractivity contribution in [1.82, 2.24) is 10.3 Å². The summed E-state index contributed by atoms with van der Waals surface area (Å²) in [5.74, 6) is 1.32. The highest BCUT2D eigenvalue weighted by Gasteiger charge is 2.20. The molecular formula is C16H17N3O3. The number of nitrogens with zero attached hydrogens (tertiary/aromatic N) is 1. The van der Waals surface area contributed by atoms with Crippen molar-refractivity contribution in [1.29, 1.82) is 0 Å². The van der Waals surface area contributed by atoms with E-state index in [4.69, 9.17) is 9.47 Å². The first-order valence-corrected chi connectivity index (χ1v) is 7.11. The van der Waals surface area contributed by atoms with E-state index in [-0.39, 0.29) is 11.9 Å². The second kappa shape index (κ2) is 7.02. The highest BCUT2D eigenvalue weighted by Crippen LogP contribution is 2.22. The lowest BCUT2D eigenvalue weighted by Gasteiger charge is -2.22. The van der Waals surface area contributed by atoms with Crippen LogP contribution in [0.25, 0.3) is 0 Å². The number of hydrogen-bond donors (Lipinski definition) is 2. The van der Waals surface area contributed by atoms with E-state index in [0.29, 0.717) is 25.5 Å². The molecule has 1 atom stereocenters. The highest BCUT2D eigenvalue weighted by atomic mass is 16.5. The molecular weight excluding hydrogens is 282 g/mol. The Labute approximate surface area is 128 Å². The molecule has 6 nitrogen and oxygen atoms in total. The number of pyridine rings is 1. The van der Waals surface area contributed by atoms with Crippen molar-refractivity contribution < 1.29 is 14.3 Å². The predicted octanol–water partition coefficient (Wildman–Crippen LogP) is 1.80. The second-order valence-electron chi connectivity index (χ2n) is 4.88. The Kier molecular flexibility index (Phi) is 4.62. The van der Waals surface area contributed by atoms with Crippen molar-refractivity contribution in [2.45, 2.75) is 6.04 Å². The summed E-state index contributed by atoms with van der Waals surface area (Å²) in [5, 5.41) is 5.97. The van der Waals surface area contributed by atoms with E-state index >= 15 is 0 Å². The van der Waals surface area contributed by atoms with Gasteiger partial charge in [-0.2, -0.15) is 0 Å². The Balaban J connectivity index is 1.58. The zero-order chi connectivity index (χ0) is 15.2. The van der Waals surface area contributed by atoms with Gasteiger partial charge >= 0.3 is 0 Å². The maximum absolute atomic E-state index is 12.1. The lowest BCUT2D eigenvalue weighted by atomic mass is 10.2. The quantitative estimate of drug-likeness (QED) is 0.900. The summed E-state index contributed by atoms with van der Waals surface area (Å²) in [6, 6.07) is 10.5. The van der Waals surface area contributed by atoms with Crippen LogP contribution in [-0.4, -0.2) is 36.7 Å². The highest BCUT2D eigenvalue weighted by molar-refractivity contribution is 5.95. The summed E-state index contributed by atoms with van der Waals surface area (Å²) >= 11 is 0. The predicted molar refractivity (Wildman–Crippen MR) is 82.0 cm³/mol. The minimum atomic E-state index is -0.304. The standard InChI is InChI=1S/C16H17N3O3/c20-16(15-11-21-10-9-18-15)19-12-1-3-13(4-2-12)22-14-5-7-17-8-6-14/h1-8,15,18H,9-11H2,(H,19,20). The van der Waals surface area contributed by atoms with Crippen molar-refractivity contribution >= 4 is 11.6 Å². The van der Waals surface area contributed by atoms with E-state index in [0.717, 1.165) is 11.4 Å². The first kappa shape index (κ1) is 14.5. The maximum Gasteiger partial charge on any atom is 0.243 e. The van der Waals surface area contributed by atoms with Crippen LogP contribution in [-0.2, 0) is 9.53 Å². The number of aromatic nitrogens is 1. The topological polar surface area (TPSA) is 72.5 Å². The van der Waals surface area contributed by atoms with E-state index in [1.165, 1.54) is 0 Å². The summed E-state index contributed by atoms with van der Waals surface area (Å²) in [7, 11) is 0. The van der Waals surface area contributed by atoms with Crippen LogP contribution in [0, 0.1) is 0 Å². The van der Waals surface area contributed by atoms with Gasteiger partial charge in [0.1, 0.15) is 17.5 Å². The zero-order valence-electron chi connectivity index (χ0n) is 12.0. The Morgan fingerprint density at radius 1 is 1.18 bits per heavy atom. The Bertz CT molecular complexity index is 610. The van der Waals surface area contributed by atoms with Crippen molar-refractivity contribution in [2.75, 3.05) is 25.1 Å². The molecule has 6 heteroatoms. The van der Waals surface area contributed by atoms with Crippen LogP contribution < -0.4 is 15.4 Å². The van der Waals surface area contributed by atoms with Gasteiger partial charge in [0, 0.05) is 24.6 Å². The van der Waals surface area contributed by atoms with Gasteiger partial charge in [-0.1, -0.05) is 0 Å². The van der Waals surface area contributed by atoms with E-state index in [2.05, 4.69) is 15.6 Å². The van der Waals surface area contributed by atoms with Crippen LogP contribution in [0.2, 0.25) is 0 Å². The Morgan fingerprint density at radius 3 is 2.59 bits per heavy atom. The number of rotatable bonds is 4. The number of benzene rings is 1. The van der Waals surface area contributed by atoms with E-state index in [1.807, 2.05) is 0 Å². The normalized spacial score (nSPS) is 17.7. The van der Waals surface area contributed by atoms with E-state index < -0.39 is 0 Å². The third-order valence-corrected chi connectivity index (χ3v) is 3.25. The number of morpholine rings is 1. The number of amides is 1. The third-order valence-electron chi connectivity index (χ3n) is 3.25. The molecule has 22 heavy (non-hydrogen) atoms. The van der Waals surface area contributed by atoms with Crippen LogP contribution in [0.3, 0.4) is 0 Å². The molecule has 0 aliphatic carbocycles. The fourth-order valence-electron chi connectivity index (χ4n) is 2.11. The van der Waals surface area contributed by atoms with Crippen LogP contribution >= 0.6 is 0 Å². The molecule has 3 rings (SSSR count).